The van der Waals surface area contributed by atoms with Crippen molar-refractivity contribution in [3.05, 3.63) is 66.1 Å². The molecule has 0 spiro atoms. The number of hydrogen-bond acceptors (Lipinski definition) is 9. The first kappa shape index (κ1) is 21.6. The second-order valence-electron chi connectivity index (χ2n) is 7.61. The van der Waals surface area contributed by atoms with Crippen LogP contribution in [0.4, 0.5) is 11.5 Å². The summed E-state index contributed by atoms with van der Waals surface area (Å²) in [5.74, 6) is 1.88. The van der Waals surface area contributed by atoms with Crippen LogP contribution < -0.4 is 20.1 Å². The molecule has 3 N–H and O–H groups in total. The van der Waals surface area contributed by atoms with E-state index in [0.717, 1.165) is 16.8 Å². The molecule has 34 heavy (non-hydrogen) atoms. The highest BCUT2D eigenvalue weighted by atomic mass is 16.6. The van der Waals surface area contributed by atoms with Crippen LogP contribution in [-0.2, 0) is 6.54 Å². The van der Waals surface area contributed by atoms with Gasteiger partial charge in [0.05, 0.1) is 35.3 Å². The van der Waals surface area contributed by atoms with Crippen LogP contribution in [0.15, 0.2) is 54.9 Å². The number of pyridine rings is 1. The molecule has 0 unspecified atom stereocenters. The number of aliphatic hydroxyl groups is 1. The SMILES string of the molecule is N#Cc1c(Nc2nccc3nc(CNCCO)cnc23)cccc1-c1ccc2c(c1)OCCO2. The Hall–Kier alpha value is -4.26. The zero-order chi connectivity index (χ0) is 23.3. The Morgan fingerprint density at radius 3 is 2.79 bits per heavy atom. The molecule has 5 rings (SSSR count). The van der Waals surface area contributed by atoms with Gasteiger partial charge < -0.3 is 25.2 Å². The van der Waals surface area contributed by atoms with E-state index in [-0.39, 0.29) is 6.61 Å². The second-order valence-corrected chi connectivity index (χ2v) is 7.61. The van der Waals surface area contributed by atoms with Gasteiger partial charge in [-0.2, -0.15) is 5.26 Å². The Morgan fingerprint density at radius 2 is 1.94 bits per heavy atom. The summed E-state index contributed by atoms with van der Waals surface area (Å²) in [6.45, 7) is 2.07. The Kier molecular flexibility index (Phi) is 6.16. The van der Waals surface area contributed by atoms with Crippen molar-refractivity contribution < 1.29 is 14.6 Å². The summed E-state index contributed by atoms with van der Waals surface area (Å²) in [5, 5.41) is 25.3. The molecular formula is C25H22N6O3. The maximum Gasteiger partial charge on any atom is 0.161 e. The minimum atomic E-state index is 0.0611. The molecule has 0 bridgehead atoms. The number of nitriles is 1. The molecule has 9 heteroatoms. The van der Waals surface area contributed by atoms with E-state index in [1.54, 1.807) is 18.5 Å². The van der Waals surface area contributed by atoms with Gasteiger partial charge in [0.25, 0.3) is 0 Å². The Bertz CT molecular complexity index is 1390. The third-order valence-corrected chi connectivity index (χ3v) is 5.39. The molecule has 2 aromatic heterocycles. The van der Waals surface area contributed by atoms with Crippen LogP contribution in [0, 0.1) is 11.3 Å². The summed E-state index contributed by atoms with van der Waals surface area (Å²) in [6.07, 6.45) is 3.33. The number of aliphatic hydroxyl groups excluding tert-OH is 1. The van der Waals surface area contributed by atoms with Gasteiger partial charge in [-0.1, -0.05) is 18.2 Å². The predicted octanol–water partition coefficient (Wildman–Crippen LogP) is 3.16. The van der Waals surface area contributed by atoms with E-state index >= 15 is 0 Å². The van der Waals surface area contributed by atoms with Crippen molar-refractivity contribution in [1.82, 2.24) is 20.3 Å². The van der Waals surface area contributed by atoms with Crippen LogP contribution in [0.1, 0.15) is 11.3 Å². The van der Waals surface area contributed by atoms with Gasteiger partial charge in [-0.25, -0.2) is 15.0 Å². The molecular weight excluding hydrogens is 432 g/mol. The van der Waals surface area contributed by atoms with Gasteiger partial charge in [-0.05, 0) is 29.8 Å². The standard InChI is InChI=1S/C25H22N6O3/c26-13-19-18(16-4-5-22-23(12-16)34-11-10-33-22)2-1-3-20(19)31-25-24-21(6-7-28-25)30-17(15-29-24)14-27-8-9-32/h1-7,12,15,27,32H,8-11,14H2,(H,28,31). The number of hydrogen-bond donors (Lipinski definition) is 3. The summed E-state index contributed by atoms with van der Waals surface area (Å²) in [6, 6.07) is 15.4. The number of anilines is 2. The highest BCUT2D eigenvalue weighted by Gasteiger charge is 2.17. The number of ether oxygens (including phenoxy) is 2. The summed E-state index contributed by atoms with van der Waals surface area (Å²) >= 11 is 0. The van der Waals surface area contributed by atoms with Crippen molar-refractivity contribution in [3.63, 3.8) is 0 Å². The lowest BCUT2D eigenvalue weighted by atomic mass is 9.98. The molecule has 0 saturated heterocycles. The average molecular weight is 454 g/mol. The van der Waals surface area contributed by atoms with E-state index < -0.39 is 0 Å². The molecule has 9 nitrogen and oxygen atoms in total. The van der Waals surface area contributed by atoms with Crippen molar-refractivity contribution in [2.24, 2.45) is 0 Å². The second kappa shape index (κ2) is 9.70. The van der Waals surface area contributed by atoms with E-state index in [1.807, 2.05) is 36.4 Å². The molecule has 1 aliphatic heterocycles. The van der Waals surface area contributed by atoms with Crippen molar-refractivity contribution >= 4 is 22.5 Å². The Balaban J connectivity index is 1.48. The first-order valence-corrected chi connectivity index (χ1v) is 10.9. The lowest BCUT2D eigenvalue weighted by Crippen LogP contribution is -2.18. The first-order chi connectivity index (χ1) is 16.8. The van der Waals surface area contributed by atoms with Gasteiger partial charge in [0.2, 0.25) is 0 Å². The zero-order valence-corrected chi connectivity index (χ0v) is 18.3. The minimum Gasteiger partial charge on any atom is -0.486 e. The van der Waals surface area contributed by atoms with Crippen molar-refractivity contribution in [3.8, 4) is 28.7 Å². The van der Waals surface area contributed by atoms with Crippen molar-refractivity contribution in [1.29, 1.82) is 5.26 Å². The van der Waals surface area contributed by atoms with Gasteiger partial charge in [-0.15, -0.1) is 0 Å². The number of nitrogens with one attached hydrogen (secondary N) is 2. The maximum atomic E-state index is 10.0. The molecule has 0 fully saturated rings. The Morgan fingerprint density at radius 1 is 1.06 bits per heavy atom. The fourth-order valence-corrected chi connectivity index (χ4v) is 3.81. The number of rotatable bonds is 7. The fourth-order valence-electron chi connectivity index (χ4n) is 3.81. The summed E-state index contributed by atoms with van der Waals surface area (Å²) in [5.41, 5.74) is 4.77. The zero-order valence-electron chi connectivity index (χ0n) is 18.3. The normalized spacial score (nSPS) is 12.4. The third kappa shape index (κ3) is 4.32. The van der Waals surface area contributed by atoms with Gasteiger partial charge >= 0.3 is 0 Å². The first-order valence-electron chi connectivity index (χ1n) is 10.9. The van der Waals surface area contributed by atoms with Gasteiger partial charge in [0, 0.05) is 24.8 Å². The van der Waals surface area contributed by atoms with E-state index in [0.29, 0.717) is 65.9 Å². The van der Waals surface area contributed by atoms with Gasteiger partial charge in [0.1, 0.15) is 24.8 Å². The van der Waals surface area contributed by atoms with Crippen LogP contribution in [-0.4, -0.2) is 46.4 Å². The quantitative estimate of drug-likeness (QED) is 0.361. The minimum absolute atomic E-state index is 0.0611. The smallest absolute Gasteiger partial charge is 0.161 e. The number of fused-ring (bicyclic) bond motifs is 2. The van der Waals surface area contributed by atoms with Crippen LogP contribution >= 0.6 is 0 Å². The van der Waals surface area contributed by atoms with E-state index in [2.05, 4.69) is 31.7 Å². The van der Waals surface area contributed by atoms with Crippen LogP contribution in [0.3, 0.4) is 0 Å². The lowest BCUT2D eigenvalue weighted by molar-refractivity contribution is 0.171. The highest BCUT2D eigenvalue weighted by molar-refractivity contribution is 5.89. The summed E-state index contributed by atoms with van der Waals surface area (Å²) in [4.78, 5) is 13.6. The summed E-state index contributed by atoms with van der Waals surface area (Å²) < 4.78 is 11.3. The van der Waals surface area contributed by atoms with E-state index in [4.69, 9.17) is 14.6 Å². The van der Waals surface area contributed by atoms with Crippen LogP contribution in [0.2, 0.25) is 0 Å². The molecule has 3 heterocycles. The molecule has 170 valence electrons. The van der Waals surface area contributed by atoms with E-state index in [1.165, 1.54) is 0 Å². The van der Waals surface area contributed by atoms with E-state index in [9.17, 15) is 5.26 Å². The van der Waals surface area contributed by atoms with Crippen LogP contribution in [0.5, 0.6) is 11.5 Å². The Labute approximate surface area is 196 Å². The molecule has 0 amide bonds. The number of benzene rings is 2. The molecule has 2 aromatic carbocycles. The van der Waals surface area contributed by atoms with Crippen molar-refractivity contribution in [2.75, 3.05) is 31.7 Å². The monoisotopic (exact) mass is 454 g/mol. The average Bonchev–Trinajstić information content (AvgIpc) is 2.88. The van der Waals surface area contributed by atoms with Gasteiger partial charge in [0.15, 0.2) is 17.3 Å². The predicted molar refractivity (Wildman–Crippen MR) is 127 cm³/mol. The molecule has 0 atom stereocenters. The molecule has 0 radical (unpaired) electrons. The number of aromatic nitrogens is 3. The largest absolute Gasteiger partial charge is 0.486 e. The molecule has 0 aliphatic carbocycles. The number of nitrogens with zero attached hydrogens (tertiary/aromatic N) is 4. The molecule has 1 aliphatic rings. The van der Waals surface area contributed by atoms with Crippen molar-refractivity contribution in [2.45, 2.75) is 6.54 Å². The third-order valence-electron chi connectivity index (χ3n) is 5.39. The molecule has 0 saturated carbocycles. The highest BCUT2D eigenvalue weighted by Crippen LogP contribution is 2.37. The van der Waals surface area contributed by atoms with Gasteiger partial charge in [-0.3, -0.25) is 0 Å². The van der Waals surface area contributed by atoms with Crippen LogP contribution in [0.25, 0.3) is 22.2 Å². The summed E-state index contributed by atoms with van der Waals surface area (Å²) in [7, 11) is 0. The lowest BCUT2D eigenvalue weighted by Gasteiger charge is -2.19. The fraction of sp³-hybridized carbons (Fsp3) is 0.200. The topological polar surface area (TPSA) is 125 Å². The molecule has 4 aromatic rings. The maximum absolute atomic E-state index is 10.0.